The van der Waals surface area contributed by atoms with Crippen molar-refractivity contribution in [1.29, 1.82) is 0 Å². The molecular weight excluding hydrogens is 206 g/mol. The quantitative estimate of drug-likeness (QED) is 0.750. The second-order valence-electron chi connectivity index (χ2n) is 3.90. The number of carbonyl (C=O) groups is 1. The third-order valence-corrected chi connectivity index (χ3v) is 2.87. The number of pyridine rings is 1. The molecule has 0 spiro atoms. The molecule has 0 saturated carbocycles. The van der Waals surface area contributed by atoms with Crippen molar-refractivity contribution in [1.82, 2.24) is 15.2 Å². The fourth-order valence-corrected chi connectivity index (χ4v) is 1.89. The molecule has 1 aliphatic rings. The van der Waals surface area contributed by atoms with Crippen molar-refractivity contribution < 1.29 is 9.90 Å². The topological polar surface area (TPSA) is 65.5 Å². The number of amides is 1. The molecule has 2 heterocycles. The number of carbonyl (C=O) groups excluding carboxylic acids is 1. The molecule has 0 bridgehead atoms. The smallest absolute Gasteiger partial charge is 0.276 e. The molecule has 2 N–H and O–H groups in total. The van der Waals surface area contributed by atoms with Gasteiger partial charge in [-0.3, -0.25) is 4.79 Å². The number of hydrogen-bond acceptors (Lipinski definition) is 4. The van der Waals surface area contributed by atoms with Crippen molar-refractivity contribution in [3.63, 3.8) is 0 Å². The first-order chi connectivity index (χ1) is 7.72. The molecule has 1 aromatic heterocycles. The highest BCUT2D eigenvalue weighted by molar-refractivity contribution is 5.94. The van der Waals surface area contributed by atoms with Crippen LogP contribution in [0.25, 0.3) is 0 Å². The molecule has 0 aliphatic carbocycles. The Kier molecular flexibility index (Phi) is 3.05. The average Bonchev–Trinajstić information content (AvgIpc) is 2.77. The molecule has 1 fully saturated rings. The highest BCUT2D eigenvalue weighted by Gasteiger charge is 2.27. The fourth-order valence-electron chi connectivity index (χ4n) is 1.89. The first-order valence-electron chi connectivity index (χ1n) is 5.33. The molecule has 1 saturated heterocycles. The summed E-state index contributed by atoms with van der Waals surface area (Å²) in [5.74, 6) is -0.253. The van der Waals surface area contributed by atoms with Gasteiger partial charge in [-0.1, -0.05) is 0 Å². The van der Waals surface area contributed by atoms with Crippen LogP contribution in [0.3, 0.4) is 0 Å². The summed E-state index contributed by atoms with van der Waals surface area (Å²) in [5.41, 5.74) is 0.138. The van der Waals surface area contributed by atoms with E-state index in [0.717, 1.165) is 6.42 Å². The van der Waals surface area contributed by atoms with Crippen LogP contribution < -0.4 is 5.32 Å². The van der Waals surface area contributed by atoms with Gasteiger partial charge >= 0.3 is 0 Å². The van der Waals surface area contributed by atoms with Crippen molar-refractivity contribution in [2.24, 2.45) is 0 Å². The SMILES string of the molecule is CNC1CCN(C(=O)c2ncccc2O)C1. The minimum atomic E-state index is -0.198. The predicted octanol–water partition coefficient (Wildman–Crippen LogP) is 0.221. The first-order valence-corrected chi connectivity index (χ1v) is 5.33. The molecule has 1 unspecified atom stereocenters. The molecule has 1 amide bonds. The summed E-state index contributed by atoms with van der Waals surface area (Å²) in [7, 11) is 1.89. The van der Waals surface area contributed by atoms with E-state index in [4.69, 9.17) is 0 Å². The van der Waals surface area contributed by atoms with Crippen molar-refractivity contribution in [2.75, 3.05) is 20.1 Å². The molecular formula is C11H15N3O2. The Bertz CT molecular complexity index is 395. The largest absolute Gasteiger partial charge is 0.505 e. The predicted molar refractivity (Wildman–Crippen MR) is 59.3 cm³/mol. The zero-order valence-corrected chi connectivity index (χ0v) is 9.18. The molecule has 16 heavy (non-hydrogen) atoms. The van der Waals surface area contributed by atoms with Crippen molar-refractivity contribution in [3.05, 3.63) is 24.0 Å². The van der Waals surface area contributed by atoms with Gasteiger partial charge in [0.25, 0.3) is 5.91 Å². The number of aromatic nitrogens is 1. The Morgan fingerprint density at radius 3 is 3.12 bits per heavy atom. The van der Waals surface area contributed by atoms with Gasteiger partial charge in [0.1, 0.15) is 5.75 Å². The number of aromatic hydroxyl groups is 1. The van der Waals surface area contributed by atoms with Crippen molar-refractivity contribution >= 4 is 5.91 Å². The van der Waals surface area contributed by atoms with Crippen LogP contribution in [0.2, 0.25) is 0 Å². The normalized spacial score (nSPS) is 20.1. The minimum Gasteiger partial charge on any atom is -0.505 e. The van der Waals surface area contributed by atoms with Crippen LogP contribution in [0.5, 0.6) is 5.75 Å². The van der Waals surface area contributed by atoms with E-state index < -0.39 is 0 Å². The highest BCUT2D eigenvalue weighted by atomic mass is 16.3. The van der Waals surface area contributed by atoms with Crippen LogP contribution in [0.4, 0.5) is 0 Å². The average molecular weight is 221 g/mol. The lowest BCUT2D eigenvalue weighted by molar-refractivity contribution is 0.0780. The van der Waals surface area contributed by atoms with Crippen LogP contribution in [0.1, 0.15) is 16.9 Å². The van der Waals surface area contributed by atoms with Crippen LogP contribution in [-0.4, -0.2) is 47.1 Å². The van der Waals surface area contributed by atoms with E-state index in [-0.39, 0.29) is 17.4 Å². The van der Waals surface area contributed by atoms with Crippen LogP contribution in [0.15, 0.2) is 18.3 Å². The van der Waals surface area contributed by atoms with E-state index in [1.54, 1.807) is 11.0 Å². The van der Waals surface area contributed by atoms with Crippen molar-refractivity contribution in [3.8, 4) is 5.75 Å². The lowest BCUT2D eigenvalue weighted by Gasteiger charge is -2.16. The summed E-state index contributed by atoms with van der Waals surface area (Å²) in [6.45, 7) is 1.38. The van der Waals surface area contributed by atoms with Crippen molar-refractivity contribution in [2.45, 2.75) is 12.5 Å². The number of nitrogens with zero attached hydrogens (tertiary/aromatic N) is 2. The molecule has 5 heteroatoms. The summed E-state index contributed by atoms with van der Waals surface area (Å²) < 4.78 is 0. The zero-order chi connectivity index (χ0) is 11.5. The second kappa shape index (κ2) is 4.49. The van der Waals surface area contributed by atoms with Gasteiger partial charge in [-0.25, -0.2) is 4.98 Å². The van der Waals surface area contributed by atoms with Crippen LogP contribution >= 0.6 is 0 Å². The second-order valence-corrected chi connectivity index (χ2v) is 3.90. The molecule has 0 aromatic carbocycles. The summed E-state index contributed by atoms with van der Waals surface area (Å²) in [6.07, 6.45) is 2.45. The molecule has 86 valence electrons. The zero-order valence-electron chi connectivity index (χ0n) is 9.18. The van der Waals surface area contributed by atoms with E-state index in [9.17, 15) is 9.90 Å². The van der Waals surface area contributed by atoms with Gasteiger partial charge in [-0.05, 0) is 25.6 Å². The molecule has 2 rings (SSSR count). The highest BCUT2D eigenvalue weighted by Crippen LogP contribution is 2.18. The molecule has 1 aliphatic heterocycles. The Balaban J connectivity index is 2.12. The Morgan fingerprint density at radius 2 is 2.50 bits per heavy atom. The number of nitrogens with one attached hydrogen (secondary N) is 1. The third kappa shape index (κ3) is 1.99. The molecule has 5 nitrogen and oxygen atoms in total. The number of likely N-dealkylation sites (tertiary alicyclic amines) is 1. The lowest BCUT2D eigenvalue weighted by Crippen LogP contribution is -2.33. The Labute approximate surface area is 94.1 Å². The fraction of sp³-hybridized carbons (Fsp3) is 0.455. The maximum atomic E-state index is 12.0. The van der Waals surface area contributed by atoms with Crippen LogP contribution in [0, 0.1) is 0 Å². The maximum Gasteiger partial charge on any atom is 0.276 e. The monoisotopic (exact) mass is 221 g/mol. The van der Waals surface area contributed by atoms with Gasteiger partial charge in [0.15, 0.2) is 5.69 Å². The molecule has 1 atom stereocenters. The number of likely N-dealkylation sites (N-methyl/N-ethyl adjacent to an activating group) is 1. The lowest BCUT2D eigenvalue weighted by atomic mass is 10.3. The van der Waals surface area contributed by atoms with E-state index in [2.05, 4.69) is 10.3 Å². The number of rotatable bonds is 2. The standard InChI is InChI=1S/C11H15N3O2/c1-12-8-4-6-14(7-8)11(16)10-9(15)3-2-5-13-10/h2-3,5,8,12,15H,4,6-7H2,1H3. The summed E-state index contributed by atoms with van der Waals surface area (Å²) in [4.78, 5) is 17.6. The minimum absolute atomic E-state index is 0.0552. The Hall–Kier alpha value is -1.62. The summed E-state index contributed by atoms with van der Waals surface area (Å²) in [6, 6.07) is 3.42. The Morgan fingerprint density at radius 1 is 1.69 bits per heavy atom. The van der Waals surface area contributed by atoms with Gasteiger partial charge in [0.05, 0.1) is 0 Å². The summed E-state index contributed by atoms with van der Waals surface area (Å²) in [5, 5.41) is 12.7. The van der Waals surface area contributed by atoms with Gasteiger partial charge in [0, 0.05) is 25.3 Å². The number of hydrogen-bond donors (Lipinski definition) is 2. The maximum absolute atomic E-state index is 12.0. The van der Waals surface area contributed by atoms with E-state index in [1.165, 1.54) is 12.3 Å². The third-order valence-electron chi connectivity index (χ3n) is 2.87. The van der Waals surface area contributed by atoms with E-state index >= 15 is 0 Å². The van der Waals surface area contributed by atoms with E-state index in [0.29, 0.717) is 19.1 Å². The van der Waals surface area contributed by atoms with E-state index in [1.807, 2.05) is 7.05 Å². The van der Waals surface area contributed by atoms with Gasteiger partial charge in [0.2, 0.25) is 0 Å². The van der Waals surface area contributed by atoms with Gasteiger partial charge in [-0.2, -0.15) is 0 Å². The van der Waals surface area contributed by atoms with Gasteiger partial charge in [-0.15, -0.1) is 0 Å². The molecule has 0 radical (unpaired) electrons. The summed E-state index contributed by atoms with van der Waals surface area (Å²) >= 11 is 0. The first kappa shape index (κ1) is 10.9. The molecule has 1 aromatic rings. The van der Waals surface area contributed by atoms with Gasteiger partial charge < -0.3 is 15.3 Å². The van der Waals surface area contributed by atoms with Crippen LogP contribution in [-0.2, 0) is 0 Å².